The Balaban J connectivity index is 2.03. The van der Waals surface area contributed by atoms with Gasteiger partial charge < -0.3 is 10.4 Å². The fraction of sp³-hybridized carbons (Fsp3) is 0.667. The van der Waals surface area contributed by atoms with E-state index in [2.05, 4.69) is 35.1 Å². The lowest BCUT2D eigenvalue weighted by Gasteiger charge is -2.29. The zero-order chi connectivity index (χ0) is 13.7. The molecule has 1 aromatic rings. The molecule has 1 saturated heterocycles. The van der Waals surface area contributed by atoms with Crippen molar-refractivity contribution in [1.82, 2.24) is 15.2 Å². The van der Waals surface area contributed by atoms with Crippen LogP contribution in [0, 0.1) is 5.41 Å². The summed E-state index contributed by atoms with van der Waals surface area (Å²) in [5.41, 5.74) is 1.51. The van der Waals surface area contributed by atoms with Gasteiger partial charge in [0.05, 0.1) is 0 Å². The average molecular weight is 263 g/mol. The second-order valence-electron chi connectivity index (χ2n) is 6.29. The van der Waals surface area contributed by atoms with E-state index in [-0.39, 0.29) is 12.0 Å². The highest BCUT2D eigenvalue weighted by Crippen LogP contribution is 2.21. The van der Waals surface area contributed by atoms with Crippen LogP contribution in [0.5, 0.6) is 0 Å². The molecule has 0 spiro atoms. The molecule has 2 heterocycles. The summed E-state index contributed by atoms with van der Waals surface area (Å²) in [6.07, 6.45) is 4.57. The maximum absolute atomic E-state index is 9.15. The quantitative estimate of drug-likeness (QED) is 0.859. The molecule has 4 nitrogen and oxygen atoms in total. The summed E-state index contributed by atoms with van der Waals surface area (Å²) in [6, 6.07) is 4.49. The number of aliphatic hydroxyl groups is 1. The lowest BCUT2D eigenvalue weighted by molar-refractivity contribution is 0.187. The van der Waals surface area contributed by atoms with Crippen molar-refractivity contribution in [2.45, 2.75) is 32.9 Å². The van der Waals surface area contributed by atoms with Crippen LogP contribution >= 0.6 is 0 Å². The van der Waals surface area contributed by atoms with Crippen molar-refractivity contribution in [1.29, 1.82) is 0 Å². The lowest BCUT2D eigenvalue weighted by Crippen LogP contribution is -2.38. The molecular weight excluding hydrogens is 238 g/mol. The number of rotatable bonds is 4. The first-order chi connectivity index (χ1) is 9.09. The Labute approximate surface area is 115 Å². The molecule has 0 aliphatic carbocycles. The van der Waals surface area contributed by atoms with Crippen LogP contribution in [0.3, 0.4) is 0 Å². The van der Waals surface area contributed by atoms with Crippen LogP contribution in [0.25, 0.3) is 0 Å². The van der Waals surface area contributed by atoms with Crippen LogP contribution < -0.4 is 5.32 Å². The van der Waals surface area contributed by atoms with Gasteiger partial charge in [-0.3, -0.25) is 9.88 Å². The minimum absolute atomic E-state index is 0.249. The molecule has 1 fully saturated rings. The number of aromatic nitrogens is 1. The van der Waals surface area contributed by atoms with E-state index in [4.69, 9.17) is 5.11 Å². The van der Waals surface area contributed by atoms with E-state index in [1.165, 1.54) is 5.56 Å². The maximum atomic E-state index is 9.15. The number of aliphatic hydroxyl groups excluding tert-OH is 1. The highest BCUT2D eigenvalue weighted by atomic mass is 16.3. The molecule has 0 aromatic carbocycles. The van der Waals surface area contributed by atoms with Gasteiger partial charge in [-0.2, -0.15) is 0 Å². The molecule has 1 aromatic heterocycles. The maximum Gasteiger partial charge on any atom is 0.0446 e. The molecule has 106 valence electrons. The highest BCUT2D eigenvalue weighted by Gasteiger charge is 2.28. The Morgan fingerprint density at radius 3 is 3.05 bits per heavy atom. The van der Waals surface area contributed by atoms with Crippen molar-refractivity contribution in [2.24, 2.45) is 5.41 Å². The smallest absolute Gasteiger partial charge is 0.0446 e. The van der Waals surface area contributed by atoms with Gasteiger partial charge in [-0.1, -0.05) is 19.9 Å². The Morgan fingerprint density at radius 2 is 2.37 bits per heavy atom. The monoisotopic (exact) mass is 263 g/mol. The van der Waals surface area contributed by atoms with E-state index < -0.39 is 0 Å². The molecule has 0 radical (unpaired) electrons. The van der Waals surface area contributed by atoms with Crippen molar-refractivity contribution >= 4 is 0 Å². The van der Waals surface area contributed by atoms with E-state index in [9.17, 15) is 0 Å². The standard InChI is InChI=1S/C15H25N3O/c1-15(2)11-17-14(5-7-19)10-18(12-15)9-13-4-3-6-16-8-13/h3-4,6,8,14,17,19H,5,7,9-12H2,1-2H3. The summed E-state index contributed by atoms with van der Waals surface area (Å²) in [5.74, 6) is 0. The number of nitrogens with one attached hydrogen (secondary N) is 1. The van der Waals surface area contributed by atoms with E-state index in [1.54, 1.807) is 0 Å². The molecule has 19 heavy (non-hydrogen) atoms. The summed E-state index contributed by atoms with van der Waals surface area (Å²) in [7, 11) is 0. The van der Waals surface area contributed by atoms with Crippen molar-refractivity contribution in [3.63, 3.8) is 0 Å². The first-order valence-corrected chi connectivity index (χ1v) is 7.04. The molecule has 0 bridgehead atoms. The van der Waals surface area contributed by atoms with Crippen LogP contribution in [-0.2, 0) is 6.54 Å². The molecule has 4 heteroatoms. The third-order valence-electron chi connectivity index (χ3n) is 3.61. The van der Waals surface area contributed by atoms with E-state index in [1.807, 2.05) is 18.5 Å². The fourth-order valence-electron chi connectivity index (χ4n) is 2.74. The molecule has 1 unspecified atom stereocenters. The van der Waals surface area contributed by atoms with Crippen molar-refractivity contribution in [2.75, 3.05) is 26.2 Å². The molecule has 1 atom stereocenters. The molecular formula is C15H25N3O. The van der Waals surface area contributed by atoms with Crippen LogP contribution in [0.1, 0.15) is 25.8 Å². The Hall–Kier alpha value is -0.970. The summed E-state index contributed by atoms with van der Waals surface area (Å²) in [5, 5.41) is 12.7. The molecule has 2 N–H and O–H groups in total. The first kappa shape index (κ1) is 14.4. The first-order valence-electron chi connectivity index (χ1n) is 7.04. The van der Waals surface area contributed by atoms with E-state index in [0.29, 0.717) is 6.04 Å². The number of pyridine rings is 1. The summed E-state index contributed by atoms with van der Waals surface area (Å²) in [6.45, 7) is 8.81. The van der Waals surface area contributed by atoms with E-state index in [0.717, 1.165) is 32.6 Å². The third-order valence-corrected chi connectivity index (χ3v) is 3.61. The van der Waals surface area contributed by atoms with Crippen LogP contribution in [-0.4, -0.2) is 47.3 Å². The van der Waals surface area contributed by atoms with Crippen LogP contribution in [0.15, 0.2) is 24.5 Å². The summed E-state index contributed by atoms with van der Waals surface area (Å²) < 4.78 is 0. The van der Waals surface area contributed by atoms with Gasteiger partial charge >= 0.3 is 0 Å². The van der Waals surface area contributed by atoms with Gasteiger partial charge in [-0.25, -0.2) is 0 Å². The SMILES string of the molecule is CC1(C)CNC(CCO)CN(Cc2cccnc2)C1. The molecule has 1 aliphatic rings. The molecule has 1 aliphatic heterocycles. The third kappa shape index (κ3) is 4.56. The molecule has 2 rings (SSSR count). The minimum atomic E-state index is 0.249. The Morgan fingerprint density at radius 1 is 1.53 bits per heavy atom. The molecule has 0 amide bonds. The van der Waals surface area contributed by atoms with Crippen molar-refractivity contribution in [3.05, 3.63) is 30.1 Å². The zero-order valence-corrected chi connectivity index (χ0v) is 12.0. The highest BCUT2D eigenvalue weighted by molar-refractivity contribution is 5.08. The Bertz CT molecular complexity index is 380. The number of nitrogens with zero attached hydrogens (tertiary/aromatic N) is 2. The van der Waals surface area contributed by atoms with Gasteiger partial charge in [0.2, 0.25) is 0 Å². The lowest BCUT2D eigenvalue weighted by atomic mass is 9.93. The van der Waals surface area contributed by atoms with Gasteiger partial charge in [0.1, 0.15) is 0 Å². The van der Waals surface area contributed by atoms with Crippen LogP contribution in [0.2, 0.25) is 0 Å². The Kier molecular flexibility index (Phi) is 4.91. The average Bonchev–Trinajstić information content (AvgIpc) is 2.50. The largest absolute Gasteiger partial charge is 0.396 e. The van der Waals surface area contributed by atoms with Gasteiger partial charge in [0, 0.05) is 51.2 Å². The van der Waals surface area contributed by atoms with Crippen molar-refractivity contribution in [3.8, 4) is 0 Å². The van der Waals surface area contributed by atoms with Gasteiger partial charge in [0.15, 0.2) is 0 Å². The zero-order valence-electron chi connectivity index (χ0n) is 12.0. The van der Waals surface area contributed by atoms with Gasteiger partial charge in [-0.05, 0) is 23.5 Å². The summed E-state index contributed by atoms with van der Waals surface area (Å²) >= 11 is 0. The minimum Gasteiger partial charge on any atom is -0.396 e. The predicted molar refractivity (Wildman–Crippen MR) is 76.8 cm³/mol. The summed E-state index contributed by atoms with van der Waals surface area (Å²) in [4.78, 5) is 6.65. The van der Waals surface area contributed by atoms with Gasteiger partial charge in [-0.15, -0.1) is 0 Å². The van der Waals surface area contributed by atoms with Crippen LogP contribution in [0.4, 0.5) is 0 Å². The molecule has 0 saturated carbocycles. The second-order valence-corrected chi connectivity index (χ2v) is 6.29. The normalized spacial score (nSPS) is 24.1. The number of hydrogen-bond acceptors (Lipinski definition) is 4. The fourth-order valence-corrected chi connectivity index (χ4v) is 2.74. The number of hydrogen-bond donors (Lipinski definition) is 2. The van der Waals surface area contributed by atoms with Gasteiger partial charge in [0.25, 0.3) is 0 Å². The topological polar surface area (TPSA) is 48.4 Å². The van der Waals surface area contributed by atoms with E-state index >= 15 is 0 Å². The second kappa shape index (κ2) is 6.46. The predicted octanol–water partition coefficient (Wildman–Crippen LogP) is 1.26. The van der Waals surface area contributed by atoms with Crippen molar-refractivity contribution < 1.29 is 5.11 Å².